The third-order valence-electron chi connectivity index (χ3n) is 3.81. The van der Waals surface area contributed by atoms with Gasteiger partial charge in [-0.05, 0) is 43.4 Å². The minimum Gasteiger partial charge on any atom is -0.313 e. The van der Waals surface area contributed by atoms with Gasteiger partial charge in [-0.3, -0.25) is 0 Å². The van der Waals surface area contributed by atoms with Crippen LogP contribution in [0.25, 0.3) is 0 Å². The first-order valence-electron chi connectivity index (χ1n) is 7.02. The molecule has 0 saturated heterocycles. The molecule has 1 saturated carbocycles. The summed E-state index contributed by atoms with van der Waals surface area (Å²) in [5.74, 6) is 3.16. The Balaban J connectivity index is 2.38. The van der Waals surface area contributed by atoms with Crippen molar-refractivity contribution in [2.24, 2.45) is 11.8 Å². The number of hydrogen-bond donors (Lipinski definition) is 1. The molecule has 96 valence electrons. The monoisotopic (exact) mass is 243 g/mol. The summed E-state index contributed by atoms with van der Waals surface area (Å²) in [6.07, 6.45) is 5.53. The zero-order valence-electron chi connectivity index (χ0n) is 11.5. The van der Waals surface area contributed by atoms with Gasteiger partial charge >= 0.3 is 0 Å². The molecule has 0 aromatic heterocycles. The normalized spacial score (nSPS) is 32.6. The first kappa shape index (κ1) is 14.4. The molecule has 1 fully saturated rings. The molecule has 0 radical (unpaired) electrons. The van der Waals surface area contributed by atoms with Gasteiger partial charge < -0.3 is 5.32 Å². The smallest absolute Gasteiger partial charge is 0.0203 e. The van der Waals surface area contributed by atoms with Gasteiger partial charge in [-0.25, -0.2) is 0 Å². The first-order chi connectivity index (χ1) is 7.67. The van der Waals surface area contributed by atoms with Crippen molar-refractivity contribution in [3.05, 3.63) is 0 Å². The maximum Gasteiger partial charge on any atom is 0.0203 e. The van der Waals surface area contributed by atoms with E-state index in [0.29, 0.717) is 0 Å². The van der Waals surface area contributed by atoms with Gasteiger partial charge in [0.2, 0.25) is 0 Å². The molecule has 1 rings (SSSR count). The largest absolute Gasteiger partial charge is 0.313 e. The van der Waals surface area contributed by atoms with Crippen LogP contribution in [0.2, 0.25) is 0 Å². The summed E-state index contributed by atoms with van der Waals surface area (Å²) in [7, 11) is 0. The highest BCUT2D eigenvalue weighted by molar-refractivity contribution is 7.99. The quantitative estimate of drug-likeness (QED) is 0.758. The van der Waals surface area contributed by atoms with Crippen LogP contribution in [0.3, 0.4) is 0 Å². The highest BCUT2D eigenvalue weighted by atomic mass is 32.2. The summed E-state index contributed by atoms with van der Waals surface area (Å²) in [4.78, 5) is 0. The van der Waals surface area contributed by atoms with Crippen LogP contribution in [0.5, 0.6) is 0 Å². The Kier molecular flexibility index (Phi) is 6.83. The fourth-order valence-electron chi connectivity index (χ4n) is 2.41. The Bertz CT molecular complexity index is 184. The average molecular weight is 243 g/mol. The second-order valence-corrected chi connectivity index (χ2v) is 6.74. The van der Waals surface area contributed by atoms with Crippen molar-refractivity contribution < 1.29 is 0 Å². The van der Waals surface area contributed by atoms with Gasteiger partial charge in [-0.2, -0.15) is 11.8 Å². The third-order valence-corrected chi connectivity index (χ3v) is 5.52. The Morgan fingerprint density at radius 3 is 2.69 bits per heavy atom. The van der Waals surface area contributed by atoms with E-state index in [9.17, 15) is 0 Å². The fourth-order valence-corrected chi connectivity index (χ4v) is 4.15. The predicted molar refractivity (Wildman–Crippen MR) is 76.2 cm³/mol. The molecule has 1 aliphatic rings. The van der Waals surface area contributed by atoms with E-state index in [2.05, 4.69) is 44.8 Å². The van der Waals surface area contributed by atoms with Crippen molar-refractivity contribution in [1.29, 1.82) is 0 Å². The standard InChI is InChI=1S/C14H29NS/c1-5-11(3)10-16-14-9-12(4)7-8-13(14)15-6-2/h11-15H,5-10H2,1-4H3. The van der Waals surface area contributed by atoms with Gasteiger partial charge in [0.1, 0.15) is 0 Å². The topological polar surface area (TPSA) is 12.0 Å². The average Bonchev–Trinajstić information content (AvgIpc) is 2.29. The van der Waals surface area contributed by atoms with E-state index < -0.39 is 0 Å². The summed E-state index contributed by atoms with van der Waals surface area (Å²) < 4.78 is 0. The van der Waals surface area contributed by atoms with Crippen LogP contribution in [0.15, 0.2) is 0 Å². The lowest BCUT2D eigenvalue weighted by molar-refractivity contribution is 0.320. The summed E-state index contributed by atoms with van der Waals surface area (Å²) in [5.41, 5.74) is 0. The van der Waals surface area contributed by atoms with Crippen molar-refractivity contribution in [2.75, 3.05) is 12.3 Å². The molecular weight excluding hydrogens is 214 g/mol. The van der Waals surface area contributed by atoms with Crippen LogP contribution < -0.4 is 5.32 Å². The van der Waals surface area contributed by atoms with Crippen molar-refractivity contribution in [2.45, 2.75) is 64.7 Å². The molecule has 0 aromatic carbocycles. The van der Waals surface area contributed by atoms with Gasteiger partial charge in [0.05, 0.1) is 0 Å². The first-order valence-corrected chi connectivity index (χ1v) is 8.07. The molecule has 4 unspecified atom stereocenters. The SMILES string of the molecule is CCNC1CCC(C)CC1SCC(C)CC. The molecule has 0 aromatic rings. The number of hydrogen-bond acceptors (Lipinski definition) is 2. The van der Waals surface area contributed by atoms with Gasteiger partial charge in [-0.1, -0.05) is 34.1 Å². The molecule has 0 spiro atoms. The maximum absolute atomic E-state index is 3.68. The Hall–Kier alpha value is 0.310. The van der Waals surface area contributed by atoms with Gasteiger partial charge in [0.15, 0.2) is 0 Å². The zero-order valence-corrected chi connectivity index (χ0v) is 12.3. The third kappa shape index (κ3) is 4.67. The summed E-state index contributed by atoms with van der Waals surface area (Å²) in [5, 5.41) is 4.53. The minimum absolute atomic E-state index is 0.773. The number of nitrogens with one attached hydrogen (secondary N) is 1. The Morgan fingerprint density at radius 1 is 1.31 bits per heavy atom. The second kappa shape index (κ2) is 7.60. The highest BCUT2D eigenvalue weighted by Crippen LogP contribution is 2.33. The Morgan fingerprint density at radius 2 is 2.06 bits per heavy atom. The maximum atomic E-state index is 3.68. The zero-order chi connectivity index (χ0) is 12.0. The minimum atomic E-state index is 0.773. The molecule has 16 heavy (non-hydrogen) atoms. The van der Waals surface area contributed by atoms with Gasteiger partial charge in [0, 0.05) is 11.3 Å². The van der Waals surface area contributed by atoms with E-state index in [1.165, 1.54) is 31.4 Å². The van der Waals surface area contributed by atoms with E-state index in [0.717, 1.165) is 29.7 Å². The van der Waals surface area contributed by atoms with Crippen LogP contribution in [0.4, 0.5) is 0 Å². The Labute approximate surface area is 106 Å². The summed E-state index contributed by atoms with van der Waals surface area (Å²) in [6, 6.07) is 0.773. The van der Waals surface area contributed by atoms with E-state index in [4.69, 9.17) is 0 Å². The molecule has 0 aliphatic heterocycles. The van der Waals surface area contributed by atoms with E-state index in [-0.39, 0.29) is 0 Å². The molecule has 1 aliphatic carbocycles. The van der Waals surface area contributed by atoms with Crippen LogP contribution in [0.1, 0.15) is 53.4 Å². The van der Waals surface area contributed by atoms with Crippen LogP contribution in [0, 0.1) is 11.8 Å². The van der Waals surface area contributed by atoms with Gasteiger partial charge in [-0.15, -0.1) is 0 Å². The summed E-state index contributed by atoms with van der Waals surface area (Å²) in [6.45, 7) is 10.4. The van der Waals surface area contributed by atoms with E-state index in [1.54, 1.807) is 0 Å². The van der Waals surface area contributed by atoms with Crippen molar-refractivity contribution in [3.63, 3.8) is 0 Å². The molecule has 1 N–H and O–H groups in total. The van der Waals surface area contributed by atoms with Crippen LogP contribution in [-0.4, -0.2) is 23.6 Å². The highest BCUT2D eigenvalue weighted by Gasteiger charge is 2.28. The van der Waals surface area contributed by atoms with Gasteiger partial charge in [0.25, 0.3) is 0 Å². The van der Waals surface area contributed by atoms with Crippen molar-refractivity contribution in [3.8, 4) is 0 Å². The predicted octanol–water partition coefficient (Wildman–Crippen LogP) is 3.93. The van der Waals surface area contributed by atoms with Crippen molar-refractivity contribution >= 4 is 11.8 Å². The lowest BCUT2D eigenvalue weighted by atomic mass is 9.87. The lowest BCUT2D eigenvalue weighted by Gasteiger charge is -2.35. The molecule has 0 heterocycles. The van der Waals surface area contributed by atoms with Crippen molar-refractivity contribution in [1.82, 2.24) is 5.32 Å². The number of rotatable bonds is 6. The lowest BCUT2D eigenvalue weighted by Crippen LogP contribution is -2.42. The molecule has 1 nitrogen and oxygen atoms in total. The molecule has 0 bridgehead atoms. The van der Waals surface area contributed by atoms with E-state index in [1.807, 2.05) is 0 Å². The molecular formula is C14H29NS. The molecule has 4 atom stereocenters. The van der Waals surface area contributed by atoms with Crippen LogP contribution in [-0.2, 0) is 0 Å². The molecule has 0 amide bonds. The van der Waals surface area contributed by atoms with E-state index >= 15 is 0 Å². The second-order valence-electron chi connectivity index (χ2n) is 5.47. The number of thioether (sulfide) groups is 1. The molecule has 2 heteroatoms. The summed E-state index contributed by atoms with van der Waals surface area (Å²) >= 11 is 2.22. The van der Waals surface area contributed by atoms with Crippen LogP contribution >= 0.6 is 11.8 Å². The fraction of sp³-hybridized carbons (Fsp3) is 1.00.